The Labute approximate surface area is 155 Å². The van der Waals surface area contributed by atoms with Gasteiger partial charge < -0.3 is 20.9 Å². The molecule has 6 nitrogen and oxygen atoms in total. The molecule has 0 saturated heterocycles. The van der Waals surface area contributed by atoms with Gasteiger partial charge >= 0.3 is 0 Å². The number of amides is 1. The van der Waals surface area contributed by atoms with Crippen LogP contribution < -0.4 is 15.8 Å². The largest absolute Gasteiger partial charge is 0.507 e. The Morgan fingerprint density at radius 3 is 2.73 bits per heavy atom. The molecule has 0 unspecified atom stereocenters. The highest BCUT2D eigenvalue weighted by molar-refractivity contribution is 7.14. The molecule has 0 atom stereocenters. The fraction of sp³-hybridized carbons (Fsp3) is 0.158. The van der Waals surface area contributed by atoms with Crippen molar-refractivity contribution in [2.45, 2.75) is 6.42 Å². The zero-order chi connectivity index (χ0) is 18.5. The van der Waals surface area contributed by atoms with Crippen LogP contribution in [-0.4, -0.2) is 29.7 Å². The van der Waals surface area contributed by atoms with Crippen molar-refractivity contribution < 1.29 is 14.6 Å². The number of aromatic hydroxyl groups is 1. The minimum atomic E-state index is -0.669. The fourth-order valence-corrected chi connectivity index (χ4v) is 3.23. The van der Waals surface area contributed by atoms with Gasteiger partial charge in [-0.05, 0) is 42.3 Å². The number of anilines is 1. The lowest BCUT2D eigenvalue weighted by molar-refractivity contribution is 0.0998. The second kappa shape index (κ2) is 7.88. The van der Waals surface area contributed by atoms with Gasteiger partial charge in [-0.3, -0.25) is 4.79 Å². The molecule has 0 spiro atoms. The molecular formula is C19H19N3O3S. The number of nitrogens with zero attached hydrogens (tertiary/aromatic N) is 1. The highest BCUT2D eigenvalue weighted by Gasteiger charge is 2.11. The van der Waals surface area contributed by atoms with Crippen LogP contribution >= 0.6 is 11.3 Å². The first-order valence-corrected chi connectivity index (χ1v) is 8.90. The summed E-state index contributed by atoms with van der Waals surface area (Å²) in [5, 5.41) is 15.7. The van der Waals surface area contributed by atoms with Gasteiger partial charge in [-0.2, -0.15) is 0 Å². The minimum absolute atomic E-state index is 0.0875. The van der Waals surface area contributed by atoms with Crippen LogP contribution in [0.15, 0.2) is 47.8 Å². The summed E-state index contributed by atoms with van der Waals surface area (Å²) in [5.41, 5.74) is 8.02. The molecule has 0 saturated carbocycles. The van der Waals surface area contributed by atoms with Crippen molar-refractivity contribution >= 4 is 22.4 Å². The molecule has 2 aromatic carbocycles. The number of nitrogens with one attached hydrogen (secondary N) is 1. The lowest BCUT2D eigenvalue weighted by Gasteiger charge is -2.05. The number of phenols is 1. The summed E-state index contributed by atoms with van der Waals surface area (Å²) >= 11 is 1.48. The number of hydrogen-bond acceptors (Lipinski definition) is 6. The lowest BCUT2D eigenvalue weighted by Crippen LogP contribution is -2.11. The summed E-state index contributed by atoms with van der Waals surface area (Å²) in [4.78, 5) is 15.9. The van der Waals surface area contributed by atoms with E-state index in [4.69, 9.17) is 10.5 Å². The number of benzene rings is 2. The molecule has 3 rings (SSSR count). The normalized spacial score (nSPS) is 10.5. The molecular weight excluding hydrogens is 350 g/mol. The van der Waals surface area contributed by atoms with Crippen molar-refractivity contribution in [2.75, 3.05) is 19.0 Å². The Kier molecular flexibility index (Phi) is 5.38. The van der Waals surface area contributed by atoms with Gasteiger partial charge in [-0.15, -0.1) is 11.3 Å². The molecule has 0 bridgehead atoms. The first-order chi connectivity index (χ1) is 12.6. The summed E-state index contributed by atoms with van der Waals surface area (Å²) in [6.07, 6.45) is 0.865. The molecule has 0 aliphatic rings. The number of carbonyl (C=O) groups excluding carboxylic acids is 1. The summed E-state index contributed by atoms with van der Waals surface area (Å²) in [6, 6.07) is 12.7. The Bertz CT molecular complexity index is 907. The molecule has 0 fully saturated rings. The van der Waals surface area contributed by atoms with Gasteiger partial charge in [-0.25, -0.2) is 4.98 Å². The van der Waals surface area contributed by atoms with E-state index in [9.17, 15) is 9.90 Å². The molecule has 26 heavy (non-hydrogen) atoms. The molecule has 4 N–H and O–H groups in total. The minimum Gasteiger partial charge on any atom is -0.507 e. The number of carbonyl (C=O) groups is 1. The molecule has 0 aliphatic carbocycles. The summed E-state index contributed by atoms with van der Waals surface area (Å²) < 4.78 is 5.15. The average molecular weight is 369 g/mol. The molecule has 1 amide bonds. The van der Waals surface area contributed by atoms with Gasteiger partial charge in [0.05, 0.1) is 18.4 Å². The summed E-state index contributed by atoms with van der Waals surface area (Å²) in [7, 11) is 1.65. The Hall–Kier alpha value is -3.06. The van der Waals surface area contributed by atoms with Gasteiger partial charge in [0.25, 0.3) is 5.91 Å². The second-order valence-electron chi connectivity index (χ2n) is 5.66. The first-order valence-electron chi connectivity index (χ1n) is 8.02. The number of primary amides is 1. The van der Waals surface area contributed by atoms with Crippen LogP contribution in [0, 0.1) is 0 Å². The number of thiazole rings is 1. The van der Waals surface area contributed by atoms with Crippen LogP contribution in [0.1, 0.15) is 15.9 Å². The highest BCUT2D eigenvalue weighted by Crippen LogP contribution is 2.28. The predicted molar refractivity (Wildman–Crippen MR) is 103 cm³/mol. The number of rotatable bonds is 7. The maximum absolute atomic E-state index is 11.4. The molecule has 7 heteroatoms. The standard InChI is InChI=1S/C19H19N3O3S/c1-25-14-5-2-12(3-6-14)8-9-21-19-22-16(11-26-19)13-4-7-17(23)15(10-13)18(20)24/h2-7,10-11,23H,8-9H2,1H3,(H2,20,24)(H,21,22). The van der Waals surface area contributed by atoms with Gasteiger partial charge in [-0.1, -0.05) is 12.1 Å². The summed E-state index contributed by atoms with van der Waals surface area (Å²) in [5.74, 6) is 0.0437. The monoisotopic (exact) mass is 369 g/mol. The van der Waals surface area contributed by atoms with Gasteiger partial charge in [0, 0.05) is 17.5 Å². The third-order valence-electron chi connectivity index (χ3n) is 3.91. The molecule has 1 aromatic heterocycles. The van der Waals surface area contributed by atoms with E-state index in [2.05, 4.69) is 10.3 Å². The maximum Gasteiger partial charge on any atom is 0.252 e. The Balaban J connectivity index is 1.62. The van der Waals surface area contributed by atoms with Crippen LogP contribution in [0.4, 0.5) is 5.13 Å². The Morgan fingerprint density at radius 2 is 2.04 bits per heavy atom. The molecule has 0 aliphatic heterocycles. The van der Waals surface area contributed by atoms with Crippen LogP contribution in [-0.2, 0) is 6.42 Å². The lowest BCUT2D eigenvalue weighted by atomic mass is 10.1. The smallest absolute Gasteiger partial charge is 0.252 e. The number of nitrogens with two attached hydrogens (primary N) is 1. The van der Waals surface area contributed by atoms with E-state index in [0.717, 1.165) is 35.1 Å². The van der Waals surface area contributed by atoms with Crippen LogP contribution in [0.2, 0.25) is 0 Å². The highest BCUT2D eigenvalue weighted by atomic mass is 32.1. The SMILES string of the molecule is COc1ccc(CCNc2nc(-c3ccc(O)c(C(N)=O)c3)cs2)cc1. The van der Waals surface area contributed by atoms with Crippen molar-refractivity contribution in [3.05, 3.63) is 59.0 Å². The van der Waals surface area contributed by atoms with E-state index in [0.29, 0.717) is 0 Å². The second-order valence-corrected chi connectivity index (χ2v) is 6.52. The summed E-state index contributed by atoms with van der Waals surface area (Å²) in [6.45, 7) is 0.751. The first kappa shape index (κ1) is 17.8. The number of hydrogen-bond donors (Lipinski definition) is 3. The zero-order valence-corrected chi connectivity index (χ0v) is 15.0. The maximum atomic E-state index is 11.4. The van der Waals surface area contributed by atoms with Crippen LogP contribution in [0.3, 0.4) is 0 Å². The molecule has 134 valence electrons. The topological polar surface area (TPSA) is 97.5 Å². The van der Waals surface area contributed by atoms with Crippen molar-refractivity contribution in [1.82, 2.24) is 4.98 Å². The van der Waals surface area contributed by atoms with Gasteiger partial charge in [0.2, 0.25) is 0 Å². The molecule has 1 heterocycles. The molecule has 0 radical (unpaired) electrons. The van der Waals surface area contributed by atoms with Crippen molar-refractivity contribution in [3.63, 3.8) is 0 Å². The van der Waals surface area contributed by atoms with E-state index >= 15 is 0 Å². The Morgan fingerprint density at radius 1 is 1.27 bits per heavy atom. The van der Waals surface area contributed by atoms with E-state index in [1.807, 2.05) is 29.6 Å². The number of aromatic nitrogens is 1. The van der Waals surface area contributed by atoms with Gasteiger partial charge in [0.15, 0.2) is 5.13 Å². The van der Waals surface area contributed by atoms with Crippen LogP contribution in [0.25, 0.3) is 11.3 Å². The molecule has 3 aromatic rings. The predicted octanol–water partition coefficient (Wildman–Crippen LogP) is 3.28. The third kappa shape index (κ3) is 4.12. The number of methoxy groups -OCH3 is 1. The third-order valence-corrected chi connectivity index (χ3v) is 4.71. The van der Waals surface area contributed by atoms with Crippen molar-refractivity contribution in [2.24, 2.45) is 5.73 Å². The average Bonchev–Trinajstić information content (AvgIpc) is 3.11. The van der Waals surface area contributed by atoms with Crippen LogP contribution in [0.5, 0.6) is 11.5 Å². The quantitative estimate of drug-likeness (QED) is 0.594. The zero-order valence-electron chi connectivity index (χ0n) is 14.2. The van der Waals surface area contributed by atoms with E-state index in [-0.39, 0.29) is 11.3 Å². The van der Waals surface area contributed by atoms with Crippen molar-refractivity contribution in [1.29, 1.82) is 0 Å². The number of ether oxygens (including phenoxy) is 1. The van der Waals surface area contributed by atoms with E-state index in [1.165, 1.54) is 23.0 Å². The van der Waals surface area contributed by atoms with Crippen molar-refractivity contribution in [3.8, 4) is 22.8 Å². The van der Waals surface area contributed by atoms with Gasteiger partial charge in [0.1, 0.15) is 11.5 Å². The van der Waals surface area contributed by atoms with E-state index in [1.54, 1.807) is 19.2 Å². The fourth-order valence-electron chi connectivity index (χ4n) is 2.49. The van der Waals surface area contributed by atoms with E-state index < -0.39 is 5.91 Å².